The van der Waals surface area contributed by atoms with Crippen molar-refractivity contribution in [1.29, 1.82) is 0 Å². The topological polar surface area (TPSA) is 111 Å². The molecule has 0 saturated carbocycles. The monoisotopic (exact) mass is 296 g/mol. The van der Waals surface area contributed by atoms with Gasteiger partial charge < -0.3 is 11.1 Å². The number of amides is 1. The number of hydrogen-bond acceptors (Lipinski definition) is 5. The molecule has 3 rings (SSSR count). The zero-order chi connectivity index (χ0) is 15.7. The molecule has 0 radical (unpaired) electrons. The first-order valence-electron chi connectivity index (χ1n) is 6.55. The van der Waals surface area contributed by atoms with E-state index in [0.29, 0.717) is 22.5 Å². The van der Waals surface area contributed by atoms with Gasteiger partial charge in [-0.25, -0.2) is 0 Å². The summed E-state index contributed by atoms with van der Waals surface area (Å²) in [6, 6.07) is 13.2. The number of hydrogen-bond donors (Lipinski definition) is 2. The molecule has 2 aromatic rings. The summed E-state index contributed by atoms with van der Waals surface area (Å²) in [6.45, 7) is 0. The second-order valence-electron chi connectivity index (χ2n) is 4.76. The molecular weight excluding hydrogens is 284 g/mol. The Bertz CT molecular complexity index is 801. The summed E-state index contributed by atoms with van der Waals surface area (Å²) in [4.78, 5) is 26.6. The highest BCUT2D eigenvalue weighted by atomic mass is 16.6. The molecule has 7 heteroatoms. The van der Waals surface area contributed by atoms with E-state index >= 15 is 0 Å². The maximum atomic E-state index is 11.9. The largest absolute Gasteiger partial charge is 0.322 e. The third-order valence-electron chi connectivity index (χ3n) is 3.31. The van der Waals surface area contributed by atoms with E-state index in [1.807, 2.05) is 0 Å². The maximum Gasteiger partial charge on any atom is 0.270 e. The molecule has 1 aliphatic rings. The van der Waals surface area contributed by atoms with Crippen LogP contribution in [0, 0.1) is 10.1 Å². The van der Waals surface area contributed by atoms with Crippen LogP contribution >= 0.6 is 0 Å². The lowest BCUT2D eigenvalue weighted by Crippen LogP contribution is -2.33. The van der Waals surface area contributed by atoms with Gasteiger partial charge in [0.25, 0.3) is 11.6 Å². The molecule has 22 heavy (non-hydrogen) atoms. The van der Waals surface area contributed by atoms with E-state index in [2.05, 4.69) is 10.3 Å². The van der Waals surface area contributed by atoms with Gasteiger partial charge in [-0.05, 0) is 6.07 Å². The third-order valence-corrected chi connectivity index (χ3v) is 3.31. The molecule has 0 saturated heterocycles. The molecule has 3 N–H and O–H groups in total. The molecule has 7 nitrogen and oxygen atoms in total. The smallest absolute Gasteiger partial charge is 0.270 e. The number of nitrogens with two attached hydrogens (primary N) is 1. The number of carbonyl (C=O) groups excluding carboxylic acids is 1. The van der Waals surface area contributed by atoms with E-state index in [9.17, 15) is 14.9 Å². The number of rotatable bonds is 2. The number of benzodiazepines with no additional fused rings is 1. The van der Waals surface area contributed by atoms with Crippen LogP contribution in [0.4, 0.5) is 11.4 Å². The number of anilines is 1. The third kappa shape index (κ3) is 2.45. The Hall–Kier alpha value is -3.06. The summed E-state index contributed by atoms with van der Waals surface area (Å²) in [7, 11) is 0. The van der Waals surface area contributed by atoms with Gasteiger partial charge in [0, 0.05) is 23.3 Å². The van der Waals surface area contributed by atoms with Crippen LogP contribution in [0.1, 0.15) is 11.1 Å². The van der Waals surface area contributed by atoms with Gasteiger partial charge in [-0.3, -0.25) is 19.9 Å². The minimum atomic E-state index is -1.07. The highest BCUT2D eigenvalue weighted by molar-refractivity contribution is 6.19. The Kier molecular flexibility index (Phi) is 3.40. The van der Waals surface area contributed by atoms with Gasteiger partial charge in [0.2, 0.25) is 0 Å². The predicted octanol–water partition coefficient (Wildman–Crippen LogP) is 1.67. The Morgan fingerprint density at radius 2 is 1.95 bits per heavy atom. The van der Waals surface area contributed by atoms with Crippen LogP contribution in [0.5, 0.6) is 0 Å². The number of para-hydroxylation sites is 1. The first-order chi connectivity index (χ1) is 10.6. The number of fused-ring (bicyclic) bond motifs is 1. The second-order valence-corrected chi connectivity index (χ2v) is 4.76. The first kappa shape index (κ1) is 13.9. The van der Waals surface area contributed by atoms with Crippen molar-refractivity contribution in [2.75, 3.05) is 5.32 Å². The van der Waals surface area contributed by atoms with Gasteiger partial charge in [-0.15, -0.1) is 0 Å². The molecule has 0 aliphatic carbocycles. The number of nitrogens with zero attached hydrogens (tertiary/aromatic N) is 2. The van der Waals surface area contributed by atoms with Gasteiger partial charge in [0.1, 0.15) is 0 Å². The van der Waals surface area contributed by atoms with Crippen LogP contribution < -0.4 is 11.1 Å². The SMILES string of the molecule is NC1N=C(c2cccc([N+](=O)[O-])c2)c2ccccc2NC1=O. The van der Waals surface area contributed by atoms with Crippen molar-refractivity contribution in [3.63, 3.8) is 0 Å². The van der Waals surface area contributed by atoms with Crippen molar-refractivity contribution in [1.82, 2.24) is 0 Å². The van der Waals surface area contributed by atoms with Gasteiger partial charge in [-0.1, -0.05) is 30.3 Å². The first-order valence-corrected chi connectivity index (χ1v) is 6.55. The fraction of sp³-hybridized carbons (Fsp3) is 0.0667. The predicted molar refractivity (Wildman–Crippen MR) is 81.8 cm³/mol. The zero-order valence-corrected chi connectivity index (χ0v) is 11.4. The van der Waals surface area contributed by atoms with Crippen LogP contribution in [0.3, 0.4) is 0 Å². The molecular formula is C15H12N4O3. The Labute approximate surface area is 125 Å². The maximum absolute atomic E-state index is 11.9. The van der Waals surface area contributed by atoms with Crippen molar-refractivity contribution >= 4 is 23.0 Å². The molecule has 1 heterocycles. The summed E-state index contributed by atoms with van der Waals surface area (Å²) < 4.78 is 0. The molecule has 0 aromatic heterocycles. The van der Waals surface area contributed by atoms with Crippen molar-refractivity contribution in [3.05, 3.63) is 69.8 Å². The molecule has 1 aliphatic heterocycles. The van der Waals surface area contributed by atoms with Crippen molar-refractivity contribution < 1.29 is 9.72 Å². The number of nitro groups is 1. The number of aliphatic imine (C=N–C) groups is 1. The molecule has 0 bridgehead atoms. The fourth-order valence-corrected chi connectivity index (χ4v) is 2.27. The summed E-state index contributed by atoms with van der Waals surface area (Å²) in [5.41, 5.74) is 7.93. The van der Waals surface area contributed by atoms with Crippen LogP contribution in [-0.4, -0.2) is 22.7 Å². The Balaban J connectivity index is 2.19. The molecule has 0 fully saturated rings. The van der Waals surface area contributed by atoms with Crippen molar-refractivity contribution in [3.8, 4) is 0 Å². The minimum Gasteiger partial charge on any atom is -0.322 e. The van der Waals surface area contributed by atoms with E-state index in [1.165, 1.54) is 12.1 Å². The molecule has 2 aromatic carbocycles. The van der Waals surface area contributed by atoms with Gasteiger partial charge in [0.05, 0.1) is 16.3 Å². The lowest BCUT2D eigenvalue weighted by Gasteiger charge is -2.09. The summed E-state index contributed by atoms with van der Waals surface area (Å²) >= 11 is 0. The Morgan fingerprint density at radius 3 is 2.73 bits per heavy atom. The average Bonchev–Trinajstić information content (AvgIpc) is 2.65. The summed E-state index contributed by atoms with van der Waals surface area (Å²) in [5, 5.41) is 13.6. The number of non-ortho nitro benzene ring substituents is 1. The normalized spacial score (nSPS) is 17.0. The van der Waals surface area contributed by atoms with E-state index in [-0.39, 0.29) is 5.69 Å². The van der Waals surface area contributed by atoms with Crippen LogP contribution in [-0.2, 0) is 4.79 Å². The van der Waals surface area contributed by atoms with E-state index in [4.69, 9.17) is 5.73 Å². The van der Waals surface area contributed by atoms with Crippen molar-refractivity contribution in [2.24, 2.45) is 10.7 Å². The van der Waals surface area contributed by atoms with Crippen LogP contribution in [0.2, 0.25) is 0 Å². The number of benzene rings is 2. The second kappa shape index (κ2) is 5.38. The number of nitro benzene ring substituents is 1. The lowest BCUT2D eigenvalue weighted by molar-refractivity contribution is -0.384. The number of carbonyl (C=O) groups is 1. The highest BCUT2D eigenvalue weighted by Gasteiger charge is 2.23. The fourth-order valence-electron chi connectivity index (χ4n) is 2.27. The van der Waals surface area contributed by atoms with E-state index < -0.39 is 17.0 Å². The summed E-state index contributed by atoms with van der Waals surface area (Å²) in [6.07, 6.45) is -1.07. The van der Waals surface area contributed by atoms with Gasteiger partial charge in [-0.2, -0.15) is 0 Å². The molecule has 1 atom stereocenters. The van der Waals surface area contributed by atoms with Crippen LogP contribution in [0.25, 0.3) is 0 Å². The zero-order valence-electron chi connectivity index (χ0n) is 11.4. The molecule has 1 amide bonds. The van der Waals surface area contributed by atoms with Gasteiger partial charge >= 0.3 is 0 Å². The number of nitrogens with one attached hydrogen (secondary N) is 1. The highest BCUT2D eigenvalue weighted by Crippen LogP contribution is 2.25. The minimum absolute atomic E-state index is 0.0465. The van der Waals surface area contributed by atoms with Gasteiger partial charge in [0.15, 0.2) is 6.17 Å². The Morgan fingerprint density at radius 1 is 1.18 bits per heavy atom. The molecule has 0 spiro atoms. The van der Waals surface area contributed by atoms with Crippen molar-refractivity contribution in [2.45, 2.75) is 6.17 Å². The molecule has 110 valence electrons. The standard InChI is InChI=1S/C15H12N4O3/c16-14-15(20)17-12-7-2-1-6-11(12)13(18-14)9-4-3-5-10(8-9)19(21)22/h1-8,14H,16H2,(H,17,20). The average molecular weight is 296 g/mol. The van der Waals surface area contributed by atoms with E-state index in [0.717, 1.165) is 0 Å². The van der Waals surface area contributed by atoms with E-state index in [1.54, 1.807) is 36.4 Å². The quantitative estimate of drug-likeness (QED) is 0.648. The molecule has 1 unspecified atom stereocenters. The summed E-state index contributed by atoms with van der Waals surface area (Å²) in [5.74, 6) is -0.423. The van der Waals surface area contributed by atoms with Crippen LogP contribution in [0.15, 0.2) is 53.5 Å². The lowest BCUT2D eigenvalue weighted by atomic mass is 10.0.